The third kappa shape index (κ3) is 7.14. The van der Waals surface area contributed by atoms with Crippen LogP contribution in [0.1, 0.15) is 30.5 Å². The first-order valence-corrected chi connectivity index (χ1v) is 13.7. The van der Waals surface area contributed by atoms with Gasteiger partial charge in [0.15, 0.2) is 5.75 Å². The highest BCUT2D eigenvalue weighted by atomic mass is 35.5. The number of piperidine rings is 1. The predicted octanol–water partition coefficient (Wildman–Crippen LogP) is 5.06. The van der Waals surface area contributed by atoms with E-state index in [2.05, 4.69) is 20.0 Å². The molecule has 10 nitrogen and oxygen atoms in total. The average molecular weight is 582 g/mol. The fourth-order valence-corrected chi connectivity index (χ4v) is 5.19. The lowest BCUT2D eigenvalue weighted by Crippen LogP contribution is -2.34. The van der Waals surface area contributed by atoms with Crippen LogP contribution in [0.4, 0.5) is 0 Å². The molecule has 0 unspecified atom stereocenters. The minimum absolute atomic E-state index is 0.152. The summed E-state index contributed by atoms with van der Waals surface area (Å²) in [5.74, 6) is 1.42. The topological polar surface area (TPSA) is 121 Å². The lowest BCUT2D eigenvalue weighted by molar-refractivity contribution is -0.142. The summed E-state index contributed by atoms with van der Waals surface area (Å²) in [6.45, 7) is 2.80. The molecule has 1 aromatic carbocycles. The smallest absolute Gasteiger partial charge is 0.305 e. The number of nitrogens with zero attached hydrogens (tertiary/aromatic N) is 6. The molecule has 0 atom stereocenters. The molecule has 3 aromatic heterocycles. The Morgan fingerprint density at radius 3 is 2.45 bits per heavy atom. The Morgan fingerprint density at radius 1 is 1.07 bits per heavy atom. The SMILES string of the molecule is COC(=O)CC1CCN(Cc2cc(Oc3cnc(-n4ccc(CN)n4)nc3)nc(-c3cc(Cl)cc(Cl)c3)c2)CC1. The molecule has 1 aliphatic rings. The van der Waals surface area contributed by atoms with Crippen LogP contribution in [0.2, 0.25) is 10.0 Å². The first-order valence-electron chi connectivity index (χ1n) is 12.9. The zero-order chi connectivity index (χ0) is 28.1. The van der Waals surface area contributed by atoms with Gasteiger partial charge in [0.05, 0.1) is 30.9 Å². The third-order valence-corrected chi connectivity index (χ3v) is 7.15. The van der Waals surface area contributed by atoms with Gasteiger partial charge in [0.25, 0.3) is 5.95 Å². The van der Waals surface area contributed by atoms with Gasteiger partial charge in [-0.05, 0) is 67.7 Å². The standard InChI is InChI=1S/C28H29Cl2N7O3/c1-39-27(38)10-18-2-5-36(6-3-18)17-19-8-25(20-11-21(29)13-22(30)12-20)34-26(9-19)40-24-15-32-28(33-16-24)37-7-4-23(14-31)35-37/h4,7-9,11-13,15-16,18H,2-3,5-6,10,14,17,31H2,1H3. The van der Waals surface area contributed by atoms with E-state index >= 15 is 0 Å². The van der Waals surface area contributed by atoms with Gasteiger partial charge in [-0.2, -0.15) is 5.10 Å². The van der Waals surface area contributed by atoms with Crippen LogP contribution < -0.4 is 10.5 Å². The lowest BCUT2D eigenvalue weighted by Gasteiger charge is -2.31. The molecule has 2 N–H and O–H groups in total. The fourth-order valence-electron chi connectivity index (χ4n) is 4.66. The fraction of sp³-hybridized carbons (Fsp3) is 0.321. The minimum Gasteiger partial charge on any atom is -0.469 e. The number of nitrogens with two attached hydrogens (primary N) is 1. The Labute approximate surface area is 242 Å². The first-order chi connectivity index (χ1) is 19.4. The molecule has 4 aromatic rings. The van der Waals surface area contributed by atoms with Crippen molar-refractivity contribution in [2.45, 2.75) is 32.4 Å². The number of hydrogen-bond donors (Lipinski definition) is 1. The summed E-state index contributed by atoms with van der Waals surface area (Å²) < 4.78 is 12.5. The van der Waals surface area contributed by atoms with Crippen molar-refractivity contribution in [2.24, 2.45) is 11.7 Å². The molecule has 4 heterocycles. The quantitative estimate of drug-likeness (QED) is 0.270. The van der Waals surface area contributed by atoms with Crippen LogP contribution in [-0.2, 0) is 22.6 Å². The number of likely N-dealkylation sites (tertiary alicyclic amines) is 1. The molecule has 40 heavy (non-hydrogen) atoms. The second-order valence-electron chi connectivity index (χ2n) is 9.63. The van der Waals surface area contributed by atoms with Crippen LogP contribution >= 0.6 is 23.2 Å². The number of aromatic nitrogens is 5. The molecule has 0 radical (unpaired) electrons. The monoisotopic (exact) mass is 581 g/mol. The van der Waals surface area contributed by atoms with Crippen LogP contribution in [0.3, 0.4) is 0 Å². The molecule has 5 rings (SSSR count). The molecule has 1 saturated heterocycles. The summed E-state index contributed by atoms with van der Waals surface area (Å²) in [4.78, 5) is 27.5. The van der Waals surface area contributed by atoms with Crippen molar-refractivity contribution in [1.29, 1.82) is 0 Å². The highest BCUT2D eigenvalue weighted by Crippen LogP contribution is 2.31. The van der Waals surface area contributed by atoms with Gasteiger partial charge < -0.3 is 15.2 Å². The zero-order valence-corrected chi connectivity index (χ0v) is 23.5. The van der Waals surface area contributed by atoms with Gasteiger partial charge >= 0.3 is 5.97 Å². The van der Waals surface area contributed by atoms with Crippen molar-refractivity contribution in [2.75, 3.05) is 20.2 Å². The molecule has 0 bridgehead atoms. The number of hydrogen-bond acceptors (Lipinski definition) is 9. The van der Waals surface area contributed by atoms with Gasteiger partial charge in [-0.15, -0.1) is 0 Å². The van der Waals surface area contributed by atoms with Crippen molar-refractivity contribution in [3.05, 3.63) is 76.3 Å². The number of halogens is 2. The van der Waals surface area contributed by atoms with E-state index in [0.29, 0.717) is 58.7 Å². The van der Waals surface area contributed by atoms with Gasteiger partial charge in [0.2, 0.25) is 5.88 Å². The molecule has 12 heteroatoms. The highest BCUT2D eigenvalue weighted by molar-refractivity contribution is 6.35. The number of ether oxygens (including phenoxy) is 2. The van der Waals surface area contributed by atoms with Gasteiger partial charge in [-0.3, -0.25) is 9.69 Å². The third-order valence-electron chi connectivity index (χ3n) is 6.71. The largest absolute Gasteiger partial charge is 0.469 e. The number of pyridine rings is 1. The van der Waals surface area contributed by atoms with Crippen LogP contribution in [0.5, 0.6) is 11.6 Å². The average Bonchev–Trinajstić information content (AvgIpc) is 3.43. The van der Waals surface area contributed by atoms with E-state index in [9.17, 15) is 4.79 Å². The van der Waals surface area contributed by atoms with Crippen LogP contribution in [-0.4, -0.2) is 55.8 Å². The van der Waals surface area contributed by atoms with Crippen molar-refractivity contribution in [1.82, 2.24) is 29.6 Å². The van der Waals surface area contributed by atoms with Crippen LogP contribution in [0.15, 0.2) is 55.0 Å². The molecule has 0 spiro atoms. The number of carbonyl (C=O) groups excluding carboxylic acids is 1. The summed E-state index contributed by atoms with van der Waals surface area (Å²) in [5, 5.41) is 5.36. The first kappa shape index (κ1) is 28.0. The van der Waals surface area contributed by atoms with E-state index in [1.54, 1.807) is 29.3 Å². The van der Waals surface area contributed by atoms with Gasteiger partial charge in [0.1, 0.15) is 0 Å². The summed E-state index contributed by atoms with van der Waals surface area (Å²) in [7, 11) is 1.43. The lowest BCUT2D eigenvalue weighted by atomic mass is 9.93. The van der Waals surface area contributed by atoms with E-state index < -0.39 is 0 Å². The Kier molecular flexibility index (Phi) is 8.91. The maximum Gasteiger partial charge on any atom is 0.305 e. The number of carbonyl (C=O) groups is 1. The number of esters is 1. The Hall–Kier alpha value is -3.57. The maximum absolute atomic E-state index is 11.7. The molecule has 0 amide bonds. The molecular weight excluding hydrogens is 553 g/mol. The number of methoxy groups -OCH3 is 1. The van der Waals surface area contributed by atoms with Crippen molar-refractivity contribution >= 4 is 29.2 Å². The number of benzene rings is 1. The molecule has 1 fully saturated rings. The Bertz CT molecular complexity index is 1450. The Morgan fingerprint density at radius 2 is 1.80 bits per heavy atom. The van der Waals surface area contributed by atoms with E-state index in [-0.39, 0.29) is 5.97 Å². The summed E-state index contributed by atoms with van der Waals surface area (Å²) in [5.41, 5.74) is 8.87. The molecular formula is C28H29Cl2N7O3. The maximum atomic E-state index is 11.7. The molecule has 0 aliphatic carbocycles. The van der Waals surface area contributed by atoms with Gasteiger partial charge in [0, 0.05) is 47.4 Å². The highest BCUT2D eigenvalue weighted by Gasteiger charge is 2.22. The van der Waals surface area contributed by atoms with Gasteiger partial charge in [-0.25, -0.2) is 19.6 Å². The van der Waals surface area contributed by atoms with Gasteiger partial charge in [-0.1, -0.05) is 23.2 Å². The summed E-state index contributed by atoms with van der Waals surface area (Å²) >= 11 is 12.6. The van der Waals surface area contributed by atoms with E-state index in [4.69, 9.17) is 43.4 Å². The summed E-state index contributed by atoms with van der Waals surface area (Å²) in [6.07, 6.45) is 7.24. The Balaban J connectivity index is 1.36. The second-order valence-corrected chi connectivity index (χ2v) is 10.5. The van der Waals surface area contributed by atoms with Crippen LogP contribution in [0, 0.1) is 5.92 Å². The minimum atomic E-state index is -0.152. The van der Waals surface area contributed by atoms with Crippen molar-refractivity contribution < 1.29 is 14.3 Å². The van der Waals surface area contributed by atoms with Crippen molar-refractivity contribution in [3.63, 3.8) is 0 Å². The predicted molar refractivity (Wildman–Crippen MR) is 151 cm³/mol. The van der Waals surface area contributed by atoms with Crippen molar-refractivity contribution in [3.8, 4) is 28.8 Å². The van der Waals surface area contributed by atoms with E-state index in [1.807, 2.05) is 30.3 Å². The second kappa shape index (κ2) is 12.7. The molecule has 0 saturated carbocycles. The molecule has 208 valence electrons. The van der Waals surface area contributed by atoms with E-state index in [0.717, 1.165) is 42.8 Å². The summed E-state index contributed by atoms with van der Waals surface area (Å²) in [6, 6.07) is 11.1. The van der Waals surface area contributed by atoms with Crippen LogP contribution in [0.25, 0.3) is 17.2 Å². The molecule has 1 aliphatic heterocycles. The van der Waals surface area contributed by atoms with E-state index in [1.165, 1.54) is 7.11 Å². The number of rotatable bonds is 9. The zero-order valence-electron chi connectivity index (χ0n) is 22.0. The normalized spacial score (nSPS) is 14.3.